The summed E-state index contributed by atoms with van der Waals surface area (Å²) in [5.41, 5.74) is 5.99. The van der Waals surface area contributed by atoms with E-state index < -0.39 is 27.4 Å². The van der Waals surface area contributed by atoms with Gasteiger partial charge in [-0.05, 0) is 48.5 Å². The second-order valence-electron chi connectivity index (χ2n) is 11.2. The third-order valence-electron chi connectivity index (χ3n) is 8.05. The Morgan fingerprint density at radius 2 is 1.67 bits per heavy atom. The number of hydrogen-bond acceptors (Lipinski definition) is 10. The molecule has 1 aliphatic rings. The number of carbonyl (C=O) groups is 1. The normalized spacial score (nSPS) is 17.1. The lowest BCUT2D eigenvalue weighted by molar-refractivity contribution is -0.130. The average Bonchev–Trinajstić information content (AvgIpc) is 3.52. The Bertz CT molecular complexity index is 1870. The zero-order valence-corrected chi connectivity index (χ0v) is 29.5. The molecular weight excluding hydrogens is 714 g/mol. The van der Waals surface area contributed by atoms with Crippen molar-refractivity contribution >= 4 is 37.6 Å². The van der Waals surface area contributed by atoms with Crippen LogP contribution in [0, 0.1) is 0 Å². The van der Waals surface area contributed by atoms with Gasteiger partial charge < -0.3 is 24.1 Å². The highest BCUT2D eigenvalue weighted by atomic mass is 79.9. The number of rotatable bonds is 16. The van der Waals surface area contributed by atoms with Crippen molar-refractivity contribution in [1.82, 2.24) is 10.9 Å². The molecule has 0 unspecified atom stereocenters. The minimum absolute atomic E-state index is 0.0196. The molecule has 0 aromatic heterocycles. The molecule has 0 bridgehead atoms. The largest absolute Gasteiger partial charge is 0.497 e. The Kier molecular flexibility index (Phi) is 11.9. The molecule has 1 amide bonds. The quantitative estimate of drug-likeness (QED) is 0.104. The van der Waals surface area contributed by atoms with Crippen molar-refractivity contribution in [3.63, 3.8) is 0 Å². The lowest BCUT2D eigenvalue weighted by atomic mass is 9.85. The van der Waals surface area contributed by atoms with Crippen molar-refractivity contribution in [2.45, 2.75) is 35.9 Å². The monoisotopic (exact) mass is 751 g/mol. The standard InChI is InChI=1S/C36H38BrN3O8S/c1-45-28-18-15-26(32(23-28)46-2)24-38-40-35(42)36(19-22-49(43,44)29-9-4-3-5-10-29)33(30-11-6-7-12-31(30)37)48-34(39-36)25-13-16-27(17-14-25)47-21-8-20-41/h3-7,9-18,23,33,38,41H,8,19-22,24H2,1-2H3,(H,40,42)/t33-,36-/m0/s1. The van der Waals surface area contributed by atoms with Gasteiger partial charge in [0.05, 0.1) is 31.5 Å². The summed E-state index contributed by atoms with van der Waals surface area (Å²) >= 11 is 3.61. The van der Waals surface area contributed by atoms with E-state index in [0.717, 1.165) is 5.56 Å². The van der Waals surface area contributed by atoms with Crippen LogP contribution in [-0.4, -0.2) is 64.1 Å². The van der Waals surface area contributed by atoms with Gasteiger partial charge in [0.2, 0.25) is 5.90 Å². The molecule has 2 atom stereocenters. The smallest absolute Gasteiger partial charge is 0.266 e. The second-order valence-corrected chi connectivity index (χ2v) is 14.1. The fourth-order valence-electron chi connectivity index (χ4n) is 5.40. The fraction of sp³-hybridized carbons (Fsp3) is 0.278. The molecule has 4 aromatic carbocycles. The van der Waals surface area contributed by atoms with Crippen molar-refractivity contribution in [2.75, 3.05) is 33.2 Å². The first-order valence-corrected chi connectivity index (χ1v) is 18.0. The van der Waals surface area contributed by atoms with Crippen LogP contribution >= 0.6 is 15.9 Å². The Balaban J connectivity index is 1.52. The van der Waals surface area contributed by atoms with Crippen LogP contribution in [0.5, 0.6) is 17.2 Å². The Morgan fingerprint density at radius 3 is 2.37 bits per heavy atom. The van der Waals surface area contributed by atoms with Gasteiger partial charge in [0, 0.05) is 53.2 Å². The summed E-state index contributed by atoms with van der Waals surface area (Å²) in [6, 6.07) is 27.7. The van der Waals surface area contributed by atoms with Crippen molar-refractivity contribution in [3.05, 3.63) is 118 Å². The molecule has 258 valence electrons. The zero-order valence-electron chi connectivity index (χ0n) is 27.1. The van der Waals surface area contributed by atoms with E-state index in [1.54, 1.807) is 68.8 Å². The molecule has 1 aliphatic heterocycles. The Morgan fingerprint density at radius 1 is 0.959 bits per heavy atom. The third kappa shape index (κ3) is 8.42. The summed E-state index contributed by atoms with van der Waals surface area (Å²) in [6.45, 7) is 0.559. The number of carbonyl (C=O) groups excluding carboxylic acids is 1. The maximum atomic E-state index is 14.5. The molecular formula is C36H38BrN3O8S. The van der Waals surface area contributed by atoms with Crippen molar-refractivity contribution in [1.29, 1.82) is 0 Å². The molecule has 4 aromatic rings. The maximum absolute atomic E-state index is 14.5. The Hall–Kier alpha value is -4.43. The summed E-state index contributed by atoms with van der Waals surface area (Å²) in [5, 5.41) is 9.08. The minimum Gasteiger partial charge on any atom is -0.497 e. The topological polar surface area (TPSA) is 145 Å². The molecule has 0 fully saturated rings. The number of nitrogens with zero attached hydrogens (tertiary/aromatic N) is 1. The van der Waals surface area contributed by atoms with E-state index in [-0.39, 0.29) is 36.1 Å². The molecule has 0 saturated heterocycles. The number of aliphatic imine (C=N–C) groups is 1. The molecule has 5 rings (SSSR count). The highest BCUT2D eigenvalue weighted by Gasteiger charge is 2.54. The van der Waals surface area contributed by atoms with Crippen LogP contribution in [0.15, 0.2) is 111 Å². The lowest BCUT2D eigenvalue weighted by Gasteiger charge is -2.31. The van der Waals surface area contributed by atoms with Crippen LogP contribution in [0.1, 0.15) is 35.6 Å². The van der Waals surface area contributed by atoms with Gasteiger partial charge in [0.15, 0.2) is 21.5 Å². The summed E-state index contributed by atoms with van der Waals surface area (Å²) in [5.74, 6) is 0.984. The number of amides is 1. The zero-order chi connectivity index (χ0) is 34.9. The molecule has 0 aliphatic carbocycles. The first kappa shape index (κ1) is 35.9. The highest BCUT2D eigenvalue weighted by Crippen LogP contribution is 2.45. The maximum Gasteiger partial charge on any atom is 0.266 e. The average molecular weight is 753 g/mol. The third-order valence-corrected chi connectivity index (χ3v) is 10.5. The van der Waals surface area contributed by atoms with Crippen LogP contribution in [0.25, 0.3) is 0 Å². The van der Waals surface area contributed by atoms with Gasteiger partial charge in [-0.3, -0.25) is 10.2 Å². The number of methoxy groups -OCH3 is 2. The summed E-state index contributed by atoms with van der Waals surface area (Å²) in [7, 11) is -0.709. The number of aliphatic hydroxyl groups excluding tert-OH is 1. The Labute approximate surface area is 294 Å². The molecule has 3 N–H and O–H groups in total. The van der Waals surface area contributed by atoms with Crippen LogP contribution < -0.4 is 25.1 Å². The number of halogens is 1. The molecule has 0 saturated carbocycles. The second kappa shape index (κ2) is 16.3. The molecule has 49 heavy (non-hydrogen) atoms. The van der Waals surface area contributed by atoms with Crippen molar-refractivity contribution in [3.8, 4) is 17.2 Å². The molecule has 11 nitrogen and oxygen atoms in total. The first-order valence-electron chi connectivity index (χ1n) is 15.6. The van der Waals surface area contributed by atoms with Crippen LogP contribution in [0.2, 0.25) is 0 Å². The van der Waals surface area contributed by atoms with E-state index in [2.05, 4.69) is 26.8 Å². The predicted molar refractivity (Wildman–Crippen MR) is 189 cm³/mol. The highest BCUT2D eigenvalue weighted by molar-refractivity contribution is 9.10. The van der Waals surface area contributed by atoms with Crippen LogP contribution in [-0.2, 0) is 25.9 Å². The number of hydrazine groups is 1. The van der Waals surface area contributed by atoms with E-state index >= 15 is 0 Å². The summed E-state index contributed by atoms with van der Waals surface area (Å²) in [4.78, 5) is 19.5. The van der Waals surface area contributed by atoms with Gasteiger partial charge in [-0.2, -0.15) is 0 Å². The number of sulfone groups is 1. The molecule has 0 spiro atoms. The van der Waals surface area contributed by atoms with Gasteiger partial charge in [0.1, 0.15) is 17.2 Å². The number of nitrogens with one attached hydrogen (secondary N) is 2. The van der Waals surface area contributed by atoms with E-state index in [9.17, 15) is 13.2 Å². The van der Waals surface area contributed by atoms with Gasteiger partial charge >= 0.3 is 0 Å². The van der Waals surface area contributed by atoms with Crippen molar-refractivity contribution in [2.24, 2.45) is 4.99 Å². The van der Waals surface area contributed by atoms with E-state index in [1.807, 2.05) is 30.3 Å². The fourth-order valence-corrected chi connectivity index (χ4v) is 7.28. The number of ether oxygens (including phenoxy) is 4. The molecule has 13 heteroatoms. The predicted octanol–water partition coefficient (Wildman–Crippen LogP) is 5.17. The summed E-state index contributed by atoms with van der Waals surface area (Å²) in [6.07, 6.45) is -0.697. The van der Waals surface area contributed by atoms with E-state index in [0.29, 0.717) is 45.9 Å². The number of benzene rings is 4. The first-order chi connectivity index (χ1) is 23.7. The van der Waals surface area contributed by atoms with Gasteiger partial charge in [-0.15, -0.1) is 0 Å². The minimum atomic E-state index is -3.81. The molecule has 0 radical (unpaired) electrons. The van der Waals surface area contributed by atoms with Crippen LogP contribution in [0.4, 0.5) is 0 Å². The van der Waals surface area contributed by atoms with Crippen molar-refractivity contribution < 1.29 is 37.3 Å². The van der Waals surface area contributed by atoms with Gasteiger partial charge in [0.25, 0.3) is 5.91 Å². The van der Waals surface area contributed by atoms with Crippen LogP contribution in [0.3, 0.4) is 0 Å². The van der Waals surface area contributed by atoms with E-state index in [1.165, 1.54) is 12.1 Å². The SMILES string of the molecule is COc1ccc(CNNC(=O)[C@@]2(CCS(=O)(=O)c3ccccc3)N=C(c3ccc(OCCCO)cc3)O[C@H]2c2ccccc2Br)c(OC)c1. The number of hydrogen-bond donors (Lipinski definition) is 3. The lowest BCUT2D eigenvalue weighted by Crippen LogP contribution is -2.53. The van der Waals surface area contributed by atoms with E-state index in [4.69, 9.17) is 29.0 Å². The van der Waals surface area contributed by atoms with Gasteiger partial charge in [-0.1, -0.05) is 58.4 Å². The number of aliphatic hydroxyl groups is 1. The molecule has 1 heterocycles. The van der Waals surface area contributed by atoms with Gasteiger partial charge in [-0.25, -0.2) is 18.8 Å². The summed E-state index contributed by atoms with van der Waals surface area (Å²) < 4.78 is 50.8.